The number of carboxylic acids is 1. The number of nitro groups is 1. The molecule has 0 aliphatic carbocycles. The smallest absolute Gasteiger partial charge is 0.348 e. The molecule has 0 bridgehead atoms. The molecule has 1 saturated heterocycles. The highest BCUT2D eigenvalue weighted by Gasteiger charge is 2.44. The van der Waals surface area contributed by atoms with E-state index in [1.807, 2.05) is 0 Å². The van der Waals surface area contributed by atoms with Crippen molar-refractivity contribution >= 4 is 27.6 Å². The Balaban J connectivity index is 2.36. The molecule has 1 aromatic carbocycles. The molecule has 1 aliphatic rings. The fourth-order valence-corrected chi connectivity index (χ4v) is 2.34. The van der Waals surface area contributed by atoms with Gasteiger partial charge in [-0.1, -0.05) is 15.9 Å². The number of carboxylic acid groups (broad SMARTS) is 1. The lowest BCUT2D eigenvalue weighted by Crippen LogP contribution is -2.49. The van der Waals surface area contributed by atoms with Crippen molar-refractivity contribution in [2.75, 3.05) is 13.2 Å². The first-order valence-electron chi connectivity index (χ1n) is 5.89. The highest BCUT2D eigenvalue weighted by atomic mass is 79.9. The van der Waals surface area contributed by atoms with Crippen LogP contribution in [0.5, 0.6) is 5.75 Å². The van der Waals surface area contributed by atoms with Crippen LogP contribution in [0.15, 0.2) is 22.7 Å². The second-order valence-electron chi connectivity index (χ2n) is 4.38. The fraction of sp³-hybridized carbons (Fsp3) is 0.417. The quantitative estimate of drug-likeness (QED) is 0.664. The summed E-state index contributed by atoms with van der Waals surface area (Å²) in [6.07, 6.45) is 0.297. The number of benzene rings is 1. The number of aliphatic carboxylic acids is 1. The number of carbonyl (C=O) groups is 1. The van der Waals surface area contributed by atoms with Crippen LogP contribution in [0.2, 0.25) is 0 Å². The van der Waals surface area contributed by atoms with Gasteiger partial charge >= 0.3 is 11.7 Å². The summed E-state index contributed by atoms with van der Waals surface area (Å²) >= 11 is 3.14. The van der Waals surface area contributed by atoms with Crippen LogP contribution in [0.1, 0.15) is 12.8 Å². The topological polar surface area (TPSA) is 98.9 Å². The molecular formula is C12H12BrNO6. The maximum atomic E-state index is 11.5. The Morgan fingerprint density at radius 1 is 1.45 bits per heavy atom. The Bertz CT molecular complexity index is 541. The first kappa shape index (κ1) is 14.7. The molecule has 1 N–H and O–H groups in total. The Labute approximate surface area is 122 Å². The Kier molecular flexibility index (Phi) is 4.24. The predicted octanol–water partition coefficient (Wildman–Crippen LogP) is 2.37. The van der Waals surface area contributed by atoms with E-state index in [2.05, 4.69) is 15.9 Å². The van der Waals surface area contributed by atoms with Gasteiger partial charge in [0, 0.05) is 23.4 Å². The van der Waals surface area contributed by atoms with Gasteiger partial charge in [-0.2, -0.15) is 0 Å². The molecule has 1 fully saturated rings. The highest BCUT2D eigenvalue weighted by Crippen LogP contribution is 2.35. The molecule has 2 rings (SSSR count). The van der Waals surface area contributed by atoms with Crippen LogP contribution in [0.25, 0.3) is 0 Å². The Morgan fingerprint density at radius 2 is 2.10 bits per heavy atom. The molecule has 108 valence electrons. The van der Waals surface area contributed by atoms with Crippen LogP contribution in [0, 0.1) is 10.1 Å². The van der Waals surface area contributed by atoms with E-state index in [9.17, 15) is 20.0 Å². The van der Waals surface area contributed by atoms with Crippen molar-refractivity contribution < 1.29 is 24.3 Å². The van der Waals surface area contributed by atoms with Crippen LogP contribution in [0.4, 0.5) is 5.69 Å². The van der Waals surface area contributed by atoms with E-state index in [1.165, 1.54) is 12.1 Å². The zero-order chi connectivity index (χ0) is 14.8. The Hall–Kier alpha value is -1.67. The molecule has 1 heterocycles. The summed E-state index contributed by atoms with van der Waals surface area (Å²) in [6.45, 7) is 0.493. The number of hydrogen-bond donors (Lipinski definition) is 1. The lowest BCUT2D eigenvalue weighted by atomic mass is 9.94. The summed E-state index contributed by atoms with van der Waals surface area (Å²) in [7, 11) is 0. The van der Waals surface area contributed by atoms with E-state index in [0.29, 0.717) is 4.47 Å². The molecule has 0 unspecified atom stereocenters. The minimum Gasteiger partial charge on any atom is -0.478 e. The van der Waals surface area contributed by atoms with Gasteiger partial charge in [-0.15, -0.1) is 0 Å². The van der Waals surface area contributed by atoms with Gasteiger partial charge in [0.2, 0.25) is 5.60 Å². The number of halogens is 1. The molecule has 7 nitrogen and oxygen atoms in total. The number of nitro benzene ring substituents is 1. The molecule has 0 amide bonds. The number of rotatable bonds is 4. The van der Waals surface area contributed by atoms with Crippen molar-refractivity contribution in [3.8, 4) is 5.75 Å². The third-order valence-electron chi connectivity index (χ3n) is 3.11. The lowest BCUT2D eigenvalue weighted by molar-refractivity contribution is -0.386. The van der Waals surface area contributed by atoms with Crippen molar-refractivity contribution in [3.63, 3.8) is 0 Å². The maximum absolute atomic E-state index is 11.5. The standard InChI is InChI=1S/C12H12BrNO6/c13-8-1-2-10(9(7-8)14(17)18)20-12(11(15)16)3-5-19-6-4-12/h1-2,7H,3-6H2,(H,15,16). The molecular weight excluding hydrogens is 334 g/mol. The van der Waals surface area contributed by atoms with Gasteiger partial charge in [-0.05, 0) is 12.1 Å². The van der Waals surface area contributed by atoms with Crippen molar-refractivity contribution in [3.05, 3.63) is 32.8 Å². The van der Waals surface area contributed by atoms with Gasteiger partial charge in [-0.25, -0.2) is 4.79 Å². The van der Waals surface area contributed by atoms with E-state index in [0.717, 1.165) is 0 Å². The van der Waals surface area contributed by atoms with Crippen molar-refractivity contribution in [2.45, 2.75) is 18.4 Å². The van der Waals surface area contributed by atoms with Gasteiger partial charge in [0.15, 0.2) is 5.75 Å². The van der Waals surface area contributed by atoms with Gasteiger partial charge < -0.3 is 14.6 Å². The van der Waals surface area contributed by atoms with E-state index >= 15 is 0 Å². The van der Waals surface area contributed by atoms with E-state index < -0.39 is 16.5 Å². The normalized spacial score (nSPS) is 17.4. The fourth-order valence-electron chi connectivity index (χ4n) is 1.99. The van der Waals surface area contributed by atoms with E-state index in [1.54, 1.807) is 6.07 Å². The summed E-state index contributed by atoms with van der Waals surface area (Å²) < 4.78 is 11.2. The predicted molar refractivity (Wildman–Crippen MR) is 71.8 cm³/mol. The molecule has 0 radical (unpaired) electrons. The third kappa shape index (κ3) is 2.91. The second kappa shape index (κ2) is 5.76. The molecule has 0 spiro atoms. The Morgan fingerprint density at radius 3 is 2.65 bits per heavy atom. The van der Waals surface area contributed by atoms with Crippen molar-refractivity contribution in [1.82, 2.24) is 0 Å². The highest BCUT2D eigenvalue weighted by molar-refractivity contribution is 9.10. The second-order valence-corrected chi connectivity index (χ2v) is 5.30. The van der Waals surface area contributed by atoms with Gasteiger partial charge in [0.1, 0.15) is 0 Å². The first-order chi connectivity index (χ1) is 9.44. The molecule has 1 aromatic rings. The van der Waals surface area contributed by atoms with E-state index in [-0.39, 0.29) is 37.5 Å². The molecule has 8 heteroatoms. The molecule has 1 aliphatic heterocycles. The molecule has 0 atom stereocenters. The van der Waals surface area contributed by atoms with Crippen LogP contribution >= 0.6 is 15.9 Å². The number of nitrogens with zero attached hydrogens (tertiary/aromatic N) is 1. The molecule has 0 aromatic heterocycles. The first-order valence-corrected chi connectivity index (χ1v) is 6.68. The monoisotopic (exact) mass is 345 g/mol. The zero-order valence-corrected chi connectivity index (χ0v) is 12.0. The van der Waals surface area contributed by atoms with Crippen LogP contribution in [0.3, 0.4) is 0 Å². The number of hydrogen-bond acceptors (Lipinski definition) is 5. The van der Waals surface area contributed by atoms with Gasteiger partial charge in [-0.3, -0.25) is 10.1 Å². The van der Waals surface area contributed by atoms with Gasteiger partial charge in [0.05, 0.1) is 18.1 Å². The van der Waals surface area contributed by atoms with Crippen LogP contribution in [-0.2, 0) is 9.53 Å². The van der Waals surface area contributed by atoms with Gasteiger partial charge in [0.25, 0.3) is 0 Å². The summed E-state index contributed by atoms with van der Waals surface area (Å²) in [4.78, 5) is 21.9. The largest absolute Gasteiger partial charge is 0.478 e. The summed E-state index contributed by atoms with van der Waals surface area (Å²) in [6, 6.07) is 4.24. The summed E-state index contributed by atoms with van der Waals surface area (Å²) in [5, 5.41) is 20.4. The summed E-state index contributed by atoms with van der Waals surface area (Å²) in [5.74, 6) is -1.19. The average molecular weight is 346 g/mol. The minimum atomic E-state index is -1.48. The van der Waals surface area contributed by atoms with E-state index in [4.69, 9.17) is 9.47 Å². The minimum absolute atomic E-state index is 0.0532. The van der Waals surface area contributed by atoms with Crippen LogP contribution < -0.4 is 4.74 Å². The SMILES string of the molecule is O=C(O)C1(Oc2ccc(Br)cc2[N+](=O)[O-])CCOCC1. The summed E-state index contributed by atoms with van der Waals surface area (Å²) in [5.41, 5.74) is -1.75. The number of ether oxygens (including phenoxy) is 2. The maximum Gasteiger partial charge on any atom is 0.348 e. The lowest BCUT2D eigenvalue weighted by Gasteiger charge is -2.33. The van der Waals surface area contributed by atoms with Crippen molar-refractivity contribution in [2.24, 2.45) is 0 Å². The third-order valence-corrected chi connectivity index (χ3v) is 3.61. The zero-order valence-electron chi connectivity index (χ0n) is 10.4. The molecule has 0 saturated carbocycles. The van der Waals surface area contributed by atoms with Crippen molar-refractivity contribution in [1.29, 1.82) is 0 Å². The van der Waals surface area contributed by atoms with Crippen LogP contribution in [-0.4, -0.2) is 34.8 Å². The average Bonchev–Trinajstić information content (AvgIpc) is 2.41. The molecule has 20 heavy (non-hydrogen) atoms.